The van der Waals surface area contributed by atoms with Crippen molar-refractivity contribution < 1.29 is 17.9 Å². The maximum Gasteiger partial charge on any atom is 0.321 e. The summed E-state index contributed by atoms with van der Waals surface area (Å²) in [5.41, 5.74) is 0. The summed E-state index contributed by atoms with van der Waals surface area (Å²) in [6.07, 6.45) is 1.87. The van der Waals surface area contributed by atoms with Crippen molar-refractivity contribution in [3.05, 3.63) is 12.0 Å². The second-order valence-corrected chi connectivity index (χ2v) is 5.46. The summed E-state index contributed by atoms with van der Waals surface area (Å²) in [7, 11) is -2.51. The predicted molar refractivity (Wildman–Crippen MR) is 64.4 cm³/mol. The molecule has 1 aromatic heterocycles. The van der Waals surface area contributed by atoms with Crippen LogP contribution in [0.4, 0.5) is 0 Å². The molecule has 0 saturated heterocycles. The second-order valence-electron chi connectivity index (χ2n) is 3.56. The third-order valence-electron chi connectivity index (χ3n) is 2.44. The van der Waals surface area contributed by atoms with Crippen LogP contribution < -0.4 is 0 Å². The number of carbonyl (C=O) groups is 1. The first kappa shape index (κ1) is 14.7. The fourth-order valence-electron chi connectivity index (χ4n) is 1.37. The number of ether oxygens (including phenoxy) is 1. The molecule has 1 heterocycles. The maximum atomic E-state index is 12.2. The second kappa shape index (κ2) is 5.96. The van der Waals surface area contributed by atoms with E-state index in [0.29, 0.717) is 12.2 Å². The number of nitrogens with one attached hydrogen (secondary N) is 1. The number of imidazole rings is 1. The van der Waals surface area contributed by atoms with Gasteiger partial charge in [0.1, 0.15) is 12.4 Å². The summed E-state index contributed by atoms with van der Waals surface area (Å²) in [6.45, 7) is 3.38. The fraction of sp³-hybridized carbons (Fsp3) is 0.600. The van der Waals surface area contributed by atoms with Crippen LogP contribution in [-0.4, -0.2) is 48.9 Å². The van der Waals surface area contributed by atoms with Crippen LogP contribution in [0.3, 0.4) is 0 Å². The molecule has 0 aliphatic heterocycles. The first-order valence-corrected chi connectivity index (χ1v) is 7.00. The van der Waals surface area contributed by atoms with Gasteiger partial charge in [0, 0.05) is 13.0 Å². The molecule has 0 amide bonds. The van der Waals surface area contributed by atoms with Crippen LogP contribution in [0.15, 0.2) is 11.2 Å². The number of aryl methyl sites for hydroxylation is 1. The van der Waals surface area contributed by atoms with Crippen molar-refractivity contribution in [2.24, 2.45) is 0 Å². The molecule has 0 fully saturated rings. The summed E-state index contributed by atoms with van der Waals surface area (Å²) >= 11 is 0. The Morgan fingerprint density at radius 3 is 2.61 bits per heavy atom. The van der Waals surface area contributed by atoms with Gasteiger partial charge < -0.3 is 9.72 Å². The Kier molecular flexibility index (Phi) is 4.85. The van der Waals surface area contributed by atoms with E-state index in [1.807, 2.05) is 6.92 Å². The van der Waals surface area contributed by atoms with Crippen LogP contribution >= 0.6 is 0 Å². The van der Waals surface area contributed by atoms with Crippen LogP contribution in [0.1, 0.15) is 19.7 Å². The van der Waals surface area contributed by atoms with E-state index in [2.05, 4.69) is 14.7 Å². The molecule has 1 rings (SSSR count). The Hall–Kier alpha value is -1.41. The van der Waals surface area contributed by atoms with Crippen molar-refractivity contribution in [1.29, 1.82) is 0 Å². The number of esters is 1. The molecule has 0 saturated carbocycles. The summed E-state index contributed by atoms with van der Waals surface area (Å²) in [5, 5.41) is -0.00916. The molecule has 0 spiro atoms. The zero-order valence-electron chi connectivity index (χ0n) is 10.6. The van der Waals surface area contributed by atoms with Gasteiger partial charge in [-0.15, -0.1) is 0 Å². The molecule has 0 radical (unpaired) electrons. The number of H-pyrrole nitrogens is 1. The average molecular weight is 275 g/mol. The van der Waals surface area contributed by atoms with E-state index in [1.54, 1.807) is 6.92 Å². The lowest BCUT2D eigenvalue weighted by Crippen LogP contribution is -2.36. The molecule has 0 bridgehead atoms. The van der Waals surface area contributed by atoms with Gasteiger partial charge in [0.15, 0.2) is 5.03 Å². The van der Waals surface area contributed by atoms with Crippen LogP contribution in [0.2, 0.25) is 0 Å². The first-order valence-electron chi connectivity index (χ1n) is 5.56. The maximum absolute atomic E-state index is 12.2. The van der Waals surface area contributed by atoms with Gasteiger partial charge >= 0.3 is 5.97 Å². The summed E-state index contributed by atoms with van der Waals surface area (Å²) < 4.78 is 29.9. The zero-order valence-corrected chi connectivity index (χ0v) is 11.5. The molecule has 0 aromatic carbocycles. The van der Waals surface area contributed by atoms with E-state index >= 15 is 0 Å². The Morgan fingerprint density at radius 1 is 1.50 bits per heavy atom. The normalized spacial score (nSPS) is 11.8. The minimum absolute atomic E-state index is 0.00916. The molecule has 1 aromatic rings. The third kappa shape index (κ3) is 3.08. The molecule has 8 heteroatoms. The lowest BCUT2D eigenvalue weighted by molar-refractivity contribution is -0.140. The topological polar surface area (TPSA) is 92.4 Å². The third-order valence-corrected chi connectivity index (χ3v) is 4.27. The van der Waals surface area contributed by atoms with Crippen LogP contribution in [-0.2, 0) is 26.0 Å². The summed E-state index contributed by atoms with van der Waals surface area (Å²) in [4.78, 5) is 17.8. The number of carbonyl (C=O) groups excluding carboxylic acids is 1. The lowest BCUT2D eigenvalue weighted by atomic mass is 10.5. The van der Waals surface area contributed by atoms with E-state index in [-0.39, 0.29) is 18.1 Å². The first-order chi connectivity index (χ1) is 8.45. The zero-order chi connectivity index (χ0) is 13.8. The number of methoxy groups -OCH3 is 1. The van der Waals surface area contributed by atoms with Crippen LogP contribution in [0.25, 0.3) is 0 Å². The molecule has 1 N–H and O–H groups in total. The van der Waals surface area contributed by atoms with Crippen LogP contribution in [0, 0.1) is 0 Å². The van der Waals surface area contributed by atoms with Crippen molar-refractivity contribution in [3.8, 4) is 0 Å². The molecule has 102 valence electrons. The van der Waals surface area contributed by atoms with Gasteiger partial charge in [0.25, 0.3) is 10.0 Å². The van der Waals surface area contributed by atoms with Crippen molar-refractivity contribution in [3.63, 3.8) is 0 Å². The highest BCUT2D eigenvalue weighted by molar-refractivity contribution is 7.89. The quantitative estimate of drug-likeness (QED) is 0.746. The van der Waals surface area contributed by atoms with Gasteiger partial charge in [-0.05, 0) is 0 Å². The highest BCUT2D eigenvalue weighted by atomic mass is 32.2. The van der Waals surface area contributed by atoms with E-state index in [9.17, 15) is 13.2 Å². The molecule has 0 aliphatic rings. The largest absolute Gasteiger partial charge is 0.468 e. The van der Waals surface area contributed by atoms with Crippen molar-refractivity contribution in [2.45, 2.75) is 25.3 Å². The number of likely N-dealkylation sites (N-methyl/N-ethyl adjacent to an activating group) is 1. The molecular weight excluding hydrogens is 258 g/mol. The van der Waals surface area contributed by atoms with Gasteiger partial charge in [-0.1, -0.05) is 13.8 Å². The lowest BCUT2D eigenvalue weighted by Gasteiger charge is -2.17. The highest BCUT2D eigenvalue weighted by Crippen LogP contribution is 2.13. The SMILES string of the molecule is CCc1ncc(S(=O)(=O)N(CC)CC(=O)OC)[nH]1. The Morgan fingerprint density at radius 2 is 2.17 bits per heavy atom. The molecule has 0 atom stereocenters. The predicted octanol–water partition coefficient (Wildman–Crippen LogP) is 0.156. The van der Waals surface area contributed by atoms with Crippen molar-refractivity contribution >= 4 is 16.0 Å². The average Bonchev–Trinajstić information content (AvgIpc) is 2.84. The number of hydrogen-bond donors (Lipinski definition) is 1. The van der Waals surface area contributed by atoms with Crippen LogP contribution in [0.5, 0.6) is 0 Å². The Labute approximate surface area is 106 Å². The molecular formula is C10H17N3O4S. The fourth-order valence-corrected chi connectivity index (χ4v) is 2.69. The minimum Gasteiger partial charge on any atom is -0.468 e. The van der Waals surface area contributed by atoms with E-state index in [0.717, 1.165) is 4.31 Å². The van der Waals surface area contributed by atoms with E-state index in [1.165, 1.54) is 13.3 Å². The molecule has 18 heavy (non-hydrogen) atoms. The number of sulfonamides is 1. The molecule has 0 unspecified atom stereocenters. The van der Waals surface area contributed by atoms with E-state index in [4.69, 9.17) is 0 Å². The minimum atomic E-state index is -3.73. The Bertz CT molecular complexity index is 509. The van der Waals surface area contributed by atoms with E-state index < -0.39 is 16.0 Å². The van der Waals surface area contributed by atoms with Crippen molar-refractivity contribution in [1.82, 2.24) is 14.3 Å². The molecule has 7 nitrogen and oxygen atoms in total. The molecule has 0 aliphatic carbocycles. The summed E-state index contributed by atoms with van der Waals surface area (Å²) in [6, 6.07) is 0. The number of aromatic nitrogens is 2. The number of aromatic amines is 1. The van der Waals surface area contributed by atoms with Gasteiger partial charge in [-0.25, -0.2) is 13.4 Å². The van der Waals surface area contributed by atoms with Crippen molar-refractivity contribution in [2.75, 3.05) is 20.2 Å². The number of hydrogen-bond acceptors (Lipinski definition) is 5. The summed E-state index contributed by atoms with van der Waals surface area (Å²) in [5.74, 6) is -0.0154. The van der Waals surface area contributed by atoms with Gasteiger partial charge in [0.05, 0.1) is 13.3 Å². The number of nitrogens with zero attached hydrogens (tertiary/aromatic N) is 2. The smallest absolute Gasteiger partial charge is 0.321 e. The van der Waals surface area contributed by atoms with Gasteiger partial charge in [-0.2, -0.15) is 4.31 Å². The van der Waals surface area contributed by atoms with Gasteiger partial charge in [0.2, 0.25) is 0 Å². The highest BCUT2D eigenvalue weighted by Gasteiger charge is 2.27. The monoisotopic (exact) mass is 275 g/mol. The number of rotatable bonds is 6. The van der Waals surface area contributed by atoms with Gasteiger partial charge in [-0.3, -0.25) is 4.79 Å². The Balaban J connectivity index is 2.99. The standard InChI is InChI=1S/C10H17N3O4S/c1-4-8-11-6-9(12-8)18(15,16)13(5-2)7-10(14)17-3/h6H,4-5,7H2,1-3H3,(H,11,12).